The fourth-order valence-electron chi connectivity index (χ4n) is 6.75. The molecule has 0 saturated carbocycles. The molecule has 0 aliphatic carbocycles. The highest BCUT2D eigenvalue weighted by molar-refractivity contribution is 5.79. The third kappa shape index (κ3) is 13.6. The van der Waals surface area contributed by atoms with E-state index in [1.165, 1.54) is 0 Å². The number of amides is 1. The number of hydrogen-bond acceptors (Lipinski definition) is 10. The minimum absolute atomic E-state index is 0.142. The van der Waals surface area contributed by atoms with E-state index >= 15 is 0 Å². The van der Waals surface area contributed by atoms with Crippen LogP contribution in [0, 0.1) is 0 Å². The molecule has 13 nitrogen and oxygen atoms in total. The van der Waals surface area contributed by atoms with E-state index in [1.807, 2.05) is 121 Å². The number of carboxylic acid groups (broad SMARTS) is 1. The topological polar surface area (TPSA) is 152 Å². The predicted molar refractivity (Wildman–Crippen MR) is 219 cm³/mol. The molecule has 1 amide bonds. The van der Waals surface area contributed by atoms with Crippen molar-refractivity contribution in [2.24, 2.45) is 0 Å². The lowest BCUT2D eigenvalue weighted by Crippen LogP contribution is -2.58. The van der Waals surface area contributed by atoms with Gasteiger partial charge in [0.05, 0.1) is 39.2 Å². The highest BCUT2D eigenvalue weighted by Gasteiger charge is 2.50. The molecule has 59 heavy (non-hydrogen) atoms. The Balaban J connectivity index is 1.27. The van der Waals surface area contributed by atoms with Crippen LogP contribution < -0.4 is 5.32 Å². The molecule has 6 atom stereocenters. The van der Waals surface area contributed by atoms with Gasteiger partial charge in [-0.05, 0) is 55.9 Å². The molecular weight excluding hydrogens is 753 g/mol. The molecule has 1 aliphatic heterocycles. The molecule has 1 aromatic heterocycles. The van der Waals surface area contributed by atoms with Crippen molar-refractivity contribution in [3.63, 3.8) is 0 Å². The Morgan fingerprint density at radius 3 is 1.73 bits per heavy atom. The standard InChI is InChI=1S/C46H54N4O9/c1-46(2,3)59-45(53)47-37(44(51)52)25-16-26-50-27-38(48-49-50)40-42(56-30-35-21-12-6-13-22-35)43(57-31-36-23-14-7-15-24-36)41(55-29-34-19-10-5-11-20-34)39(58-40)32-54-28-33-17-8-4-9-18-33/h4-15,17-24,27,37,39-43H,16,25-26,28-32H2,1-3H3,(H,47,53)(H,51,52)/t37-,39+,40+,41+,42-,43-/m0/s1. The van der Waals surface area contributed by atoms with E-state index in [1.54, 1.807) is 31.6 Å². The van der Waals surface area contributed by atoms with Crippen molar-refractivity contribution in [2.75, 3.05) is 6.61 Å². The number of nitrogens with zero attached hydrogens (tertiary/aromatic N) is 3. The van der Waals surface area contributed by atoms with Gasteiger partial charge in [0.2, 0.25) is 0 Å². The van der Waals surface area contributed by atoms with Gasteiger partial charge in [0, 0.05) is 6.54 Å². The number of carbonyl (C=O) groups is 2. The molecule has 0 unspecified atom stereocenters. The fourth-order valence-corrected chi connectivity index (χ4v) is 6.75. The van der Waals surface area contributed by atoms with E-state index in [2.05, 4.69) is 15.6 Å². The van der Waals surface area contributed by atoms with Crippen LogP contribution in [0.4, 0.5) is 4.79 Å². The lowest BCUT2D eigenvalue weighted by atomic mass is 9.92. The van der Waals surface area contributed by atoms with Crippen LogP contribution in [-0.4, -0.2) is 74.8 Å². The summed E-state index contributed by atoms with van der Waals surface area (Å²) in [5, 5.41) is 21.2. The number of aromatic nitrogens is 3. The van der Waals surface area contributed by atoms with E-state index in [4.69, 9.17) is 28.4 Å². The summed E-state index contributed by atoms with van der Waals surface area (Å²) >= 11 is 0. The maximum absolute atomic E-state index is 12.3. The van der Waals surface area contributed by atoms with Crippen molar-refractivity contribution >= 4 is 12.1 Å². The van der Waals surface area contributed by atoms with Gasteiger partial charge in [0.15, 0.2) is 0 Å². The van der Waals surface area contributed by atoms with Crippen molar-refractivity contribution < 1.29 is 43.1 Å². The molecule has 2 N–H and O–H groups in total. The van der Waals surface area contributed by atoms with Gasteiger partial charge < -0.3 is 38.8 Å². The van der Waals surface area contributed by atoms with Gasteiger partial charge in [-0.25, -0.2) is 9.59 Å². The summed E-state index contributed by atoms with van der Waals surface area (Å²) in [6.07, 6.45) is -1.82. The average Bonchev–Trinajstić information content (AvgIpc) is 3.71. The largest absolute Gasteiger partial charge is 0.480 e. The van der Waals surface area contributed by atoms with Crippen LogP contribution >= 0.6 is 0 Å². The smallest absolute Gasteiger partial charge is 0.408 e. The van der Waals surface area contributed by atoms with Gasteiger partial charge in [-0.2, -0.15) is 0 Å². The zero-order valence-corrected chi connectivity index (χ0v) is 33.8. The molecule has 1 aliphatic rings. The molecule has 0 spiro atoms. The highest BCUT2D eigenvalue weighted by Crippen LogP contribution is 2.38. The van der Waals surface area contributed by atoms with Crippen LogP contribution in [0.1, 0.15) is 67.7 Å². The van der Waals surface area contributed by atoms with Crippen molar-refractivity contribution in [3.05, 3.63) is 155 Å². The van der Waals surface area contributed by atoms with Crippen LogP contribution in [-0.2, 0) is 66.2 Å². The lowest BCUT2D eigenvalue weighted by Gasteiger charge is -2.45. The first-order valence-corrected chi connectivity index (χ1v) is 20.0. The number of alkyl carbamates (subject to hydrolysis) is 1. The first-order valence-electron chi connectivity index (χ1n) is 20.0. The first-order chi connectivity index (χ1) is 28.6. The Morgan fingerprint density at radius 2 is 1.22 bits per heavy atom. The molecule has 1 saturated heterocycles. The SMILES string of the molecule is CC(C)(C)OC(=O)N[C@@H](CCCn1cc([C@H]2O[C@H](COCc3ccccc3)[C@@H](OCc3ccccc3)[C@H](OCc3ccccc3)[C@H]2OCc2ccccc2)nn1)C(=O)O. The third-order valence-corrected chi connectivity index (χ3v) is 9.60. The molecule has 312 valence electrons. The quantitative estimate of drug-likeness (QED) is 0.0807. The number of hydrogen-bond donors (Lipinski definition) is 2. The summed E-state index contributed by atoms with van der Waals surface area (Å²) in [6, 6.07) is 38.6. The molecular formula is C46H54N4O9. The number of aliphatic carboxylic acids is 1. The van der Waals surface area contributed by atoms with Gasteiger partial charge in [-0.1, -0.05) is 127 Å². The molecule has 6 rings (SSSR count). The predicted octanol–water partition coefficient (Wildman–Crippen LogP) is 7.45. The second kappa shape index (κ2) is 21.5. The zero-order chi connectivity index (χ0) is 41.5. The summed E-state index contributed by atoms with van der Waals surface area (Å²) in [5.41, 5.74) is 3.73. The number of rotatable bonds is 20. The average molecular weight is 807 g/mol. The van der Waals surface area contributed by atoms with Crippen LogP contribution in [0.2, 0.25) is 0 Å². The van der Waals surface area contributed by atoms with E-state index in [-0.39, 0.29) is 19.6 Å². The van der Waals surface area contributed by atoms with Gasteiger partial charge in [0.1, 0.15) is 47.9 Å². The summed E-state index contributed by atoms with van der Waals surface area (Å²) in [7, 11) is 0. The second-order valence-electron chi connectivity index (χ2n) is 15.5. The Morgan fingerprint density at radius 1 is 0.729 bits per heavy atom. The van der Waals surface area contributed by atoms with Gasteiger partial charge in [-0.15, -0.1) is 5.10 Å². The Bertz CT molecular complexity index is 1990. The van der Waals surface area contributed by atoms with Crippen molar-refractivity contribution in [3.8, 4) is 0 Å². The number of nitrogens with one attached hydrogen (secondary N) is 1. The Labute approximate surface area is 345 Å². The van der Waals surface area contributed by atoms with Crippen molar-refractivity contribution in [1.29, 1.82) is 0 Å². The van der Waals surface area contributed by atoms with Crippen LogP contribution in [0.3, 0.4) is 0 Å². The summed E-state index contributed by atoms with van der Waals surface area (Å²) < 4.78 is 40.6. The molecule has 4 aromatic carbocycles. The van der Waals surface area contributed by atoms with Crippen molar-refractivity contribution in [1.82, 2.24) is 20.3 Å². The minimum atomic E-state index is -1.16. The van der Waals surface area contributed by atoms with Gasteiger partial charge >= 0.3 is 12.1 Å². The third-order valence-electron chi connectivity index (χ3n) is 9.60. The van der Waals surface area contributed by atoms with Gasteiger partial charge in [0.25, 0.3) is 0 Å². The first kappa shape index (κ1) is 43.1. The molecule has 0 radical (unpaired) electrons. The molecule has 2 heterocycles. The van der Waals surface area contributed by atoms with Crippen LogP contribution in [0.5, 0.6) is 0 Å². The Hall–Kier alpha value is -5.44. The highest BCUT2D eigenvalue weighted by atomic mass is 16.6. The summed E-state index contributed by atoms with van der Waals surface area (Å²) in [4.78, 5) is 24.3. The molecule has 13 heteroatoms. The van der Waals surface area contributed by atoms with Gasteiger partial charge in [-0.3, -0.25) is 4.68 Å². The van der Waals surface area contributed by atoms with Crippen molar-refractivity contribution in [2.45, 2.75) is 109 Å². The number of benzene rings is 4. The van der Waals surface area contributed by atoms with Crippen LogP contribution in [0.15, 0.2) is 128 Å². The Kier molecular flexibility index (Phi) is 15.7. The molecule has 5 aromatic rings. The van der Waals surface area contributed by atoms with E-state index in [9.17, 15) is 14.7 Å². The minimum Gasteiger partial charge on any atom is -0.480 e. The number of ether oxygens (including phenoxy) is 6. The maximum Gasteiger partial charge on any atom is 0.408 e. The maximum atomic E-state index is 12.3. The summed E-state index contributed by atoms with van der Waals surface area (Å²) in [6.45, 7) is 6.91. The van der Waals surface area contributed by atoms with E-state index in [0.717, 1.165) is 22.3 Å². The second-order valence-corrected chi connectivity index (χ2v) is 15.5. The van der Waals surface area contributed by atoms with Crippen LogP contribution in [0.25, 0.3) is 0 Å². The number of carbonyl (C=O) groups excluding carboxylic acids is 1. The monoisotopic (exact) mass is 806 g/mol. The number of carboxylic acids is 1. The van der Waals surface area contributed by atoms with E-state index < -0.39 is 54.2 Å². The summed E-state index contributed by atoms with van der Waals surface area (Å²) in [5.74, 6) is -1.16. The lowest BCUT2D eigenvalue weighted by molar-refractivity contribution is -0.275. The molecule has 0 bridgehead atoms. The zero-order valence-electron chi connectivity index (χ0n) is 33.8. The van der Waals surface area contributed by atoms with E-state index in [0.29, 0.717) is 38.5 Å². The number of aryl methyl sites for hydroxylation is 1. The normalized spacial score (nSPS) is 19.8. The fraction of sp³-hybridized carbons (Fsp3) is 0.391. The molecule has 1 fully saturated rings.